The molecular weight excluding hydrogens is 404 g/mol. The van der Waals surface area contributed by atoms with Gasteiger partial charge in [-0.25, -0.2) is 4.98 Å². The molecule has 27 heavy (non-hydrogen) atoms. The lowest BCUT2D eigenvalue weighted by atomic mass is 10.2. The van der Waals surface area contributed by atoms with Gasteiger partial charge in [0.25, 0.3) is 0 Å². The van der Waals surface area contributed by atoms with Gasteiger partial charge >= 0.3 is 0 Å². The maximum atomic E-state index is 12.6. The Morgan fingerprint density at radius 3 is 2.81 bits per heavy atom. The minimum Gasteiger partial charge on any atom is -0.357 e. The molecule has 0 radical (unpaired) electrons. The Bertz CT molecular complexity index is 975. The van der Waals surface area contributed by atoms with Crippen LogP contribution in [0.4, 0.5) is 5.82 Å². The predicted molar refractivity (Wildman–Crippen MR) is 112 cm³/mol. The number of halogens is 1. The number of carbonyl (C=O) groups excluding carboxylic acids is 1. The van der Waals surface area contributed by atoms with E-state index in [4.69, 9.17) is 0 Å². The van der Waals surface area contributed by atoms with Crippen LogP contribution in [0.25, 0.3) is 10.9 Å². The Balaban J connectivity index is 1.44. The first-order chi connectivity index (χ1) is 13.1. The number of pyridine rings is 1. The van der Waals surface area contributed by atoms with Gasteiger partial charge in [0.05, 0.1) is 0 Å². The number of carbonyl (C=O) groups is 1. The summed E-state index contributed by atoms with van der Waals surface area (Å²) in [5.41, 5.74) is 3.21. The third-order valence-electron chi connectivity index (χ3n) is 5.19. The van der Waals surface area contributed by atoms with E-state index in [1.54, 1.807) is 0 Å². The highest BCUT2D eigenvalue weighted by atomic mass is 79.9. The van der Waals surface area contributed by atoms with E-state index >= 15 is 0 Å². The molecule has 1 aromatic carbocycles. The van der Waals surface area contributed by atoms with Crippen molar-refractivity contribution in [2.45, 2.75) is 32.9 Å². The summed E-state index contributed by atoms with van der Waals surface area (Å²) in [5, 5.41) is 4.18. The van der Waals surface area contributed by atoms with E-state index in [9.17, 15) is 4.79 Å². The molecule has 5 nitrogen and oxygen atoms in total. The first-order valence-electron chi connectivity index (χ1n) is 9.33. The first kappa shape index (κ1) is 18.0. The highest BCUT2D eigenvalue weighted by Gasteiger charge is 2.15. The van der Waals surface area contributed by atoms with Crippen molar-refractivity contribution in [3.8, 4) is 0 Å². The molecule has 1 saturated heterocycles. The summed E-state index contributed by atoms with van der Waals surface area (Å²) in [7, 11) is 0. The van der Waals surface area contributed by atoms with Crippen molar-refractivity contribution in [3.05, 3.63) is 58.3 Å². The molecule has 0 atom stereocenters. The Morgan fingerprint density at radius 2 is 2.00 bits per heavy atom. The molecule has 0 bridgehead atoms. The van der Waals surface area contributed by atoms with Crippen molar-refractivity contribution in [2.75, 3.05) is 18.0 Å². The van der Waals surface area contributed by atoms with E-state index in [1.165, 1.54) is 12.8 Å². The van der Waals surface area contributed by atoms with Gasteiger partial charge in [0.15, 0.2) is 0 Å². The zero-order valence-electron chi connectivity index (χ0n) is 15.4. The minimum absolute atomic E-state index is 0.00545. The van der Waals surface area contributed by atoms with E-state index < -0.39 is 0 Å². The molecule has 1 fully saturated rings. The number of fused-ring (bicyclic) bond motifs is 1. The van der Waals surface area contributed by atoms with Crippen molar-refractivity contribution >= 4 is 38.6 Å². The maximum Gasteiger partial charge on any atom is 0.240 e. The molecule has 4 rings (SSSR count). The summed E-state index contributed by atoms with van der Waals surface area (Å²) in [4.78, 5) is 19.3. The quantitative estimate of drug-likeness (QED) is 0.669. The van der Waals surface area contributed by atoms with E-state index in [1.807, 2.05) is 37.4 Å². The fourth-order valence-corrected chi connectivity index (χ4v) is 4.23. The van der Waals surface area contributed by atoms with Crippen molar-refractivity contribution < 1.29 is 4.79 Å². The van der Waals surface area contributed by atoms with E-state index in [0.717, 1.165) is 45.5 Å². The number of rotatable bonds is 5. The van der Waals surface area contributed by atoms with Crippen LogP contribution in [0.2, 0.25) is 0 Å². The predicted octanol–water partition coefficient (Wildman–Crippen LogP) is 4.02. The largest absolute Gasteiger partial charge is 0.357 e. The number of nitrogens with zero attached hydrogens (tertiary/aromatic N) is 3. The summed E-state index contributed by atoms with van der Waals surface area (Å²) < 4.78 is 3.10. The van der Waals surface area contributed by atoms with Crippen LogP contribution >= 0.6 is 15.9 Å². The lowest BCUT2D eigenvalue weighted by molar-refractivity contribution is -0.121. The number of hydrogen-bond donors (Lipinski definition) is 1. The molecule has 2 aromatic heterocycles. The van der Waals surface area contributed by atoms with E-state index in [0.29, 0.717) is 13.1 Å². The molecule has 1 amide bonds. The molecule has 0 unspecified atom stereocenters. The van der Waals surface area contributed by atoms with E-state index in [-0.39, 0.29) is 5.91 Å². The smallest absolute Gasteiger partial charge is 0.240 e. The molecule has 0 spiro atoms. The standard InChI is InChI=1S/C21H23BrN4O/c1-15-21(22)17-6-2-3-7-18(17)26(15)14-20(27)24-13-16-8-9-23-19(12-16)25-10-4-5-11-25/h2-3,6-9,12H,4-5,10-11,13-14H2,1H3,(H,24,27). The van der Waals surface area contributed by atoms with Gasteiger partial charge in [0.2, 0.25) is 5.91 Å². The number of para-hydroxylation sites is 1. The van der Waals surface area contributed by atoms with Gasteiger partial charge in [-0.1, -0.05) is 18.2 Å². The Hall–Kier alpha value is -2.34. The highest BCUT2D eigenvalue weighted by molar-refractivity contribution is 9.10. The molecule has 6 heteroatoms. The average Bonchev–Trinajstić information content (AvgIpc) is 3.31. The third kappa shape index (κ3) is 3.72. The monoisotopic (exact) mass is 426 g/mol. The number of aromatic nitrogens is 2. The van der Waals surface area contributed by atoms with Gasteiger partial charge < -0.3 is 14.8 Å². The second-order valence-electron chi connectivity index (χ2n) is 7.00. The van der Waals surface area contributed by atoms with E-state index in [2.05, 4.69) is 47.8 Å². The Kier molecular flexibility index (Phi) is 5.16. The third-order valence-corrected chi connectivity index (χ3v) is 6.19. The molecule has 3 aromatic rings. The van der Waals surface area contributed by atoms with Gasteiger partial charge in [-0.2, -0.15) is 0 Å². The number of hydrogen-bond acceptors (Lipinski definition) is 3. The van der Waals surface area contributed by atoms with Crippen LogP contribution in [0.1, 0.15) is 24.1 Å². The van der Waals surface area contributed by atoms with Crippen LogP contribution in [0.3, 0.4) is 0 Å². The van der Waals surface area contributed by atoms with Crippen molar-refractivity contribution in [1.29, 1.82) is 0 Å². The summed E-state index contributed by atoms with van der Waals surface area (Å²) in [5.74, 6) is 1.02. The molecule has 3 heterocycles. The van der Waals surface area contributed by atoms with Gasteiger partial charge in [0, 0.05) is 46.9 Å². The molecule has 1 aliphatic rings. The summed E-state index contributed by atoms with van der Waals surface area (Å²) in [6.45, 7) is 4.99. The number of nitrogens with one attached hydrogen (secondary N) is 1. The van der Waals surface area contributed by atoms with Crippen LogP contribution in [0, 0.1) is 6.92 Å². The fourth-order valence-electron chi connectivity index (χ4n) is 3.68. The lowest BCUT2D eigenvalue weighted by Gasteiger charge is -2.17. The van der Waals surface area contributed by atoms with Gasteiger partial charge in [-0.3, -0.25) is 4.79 Å². The minimum atomic E-state index is 0.00545. The summed E-state index contributed by atoms with van der Waals surface area (Å²) in [6, 6.07) is 12.2. The van der Waals surface area contributed by atoms with Crippen molar-refractivity contribution in [1.82, 2.24) is 14.9 Å². The van der Waals surface area contributed by atoms with Crippen molar-refractivity contribution in [3.63, 3.8) is 0 Å². The van der Waals surface area contributed by atoms with Crippen LogP contribution in [-0.4, -0.2) is 28.5 Å². The summed E-state index contributed by atoms with van der Waals surface area (Å²) in [6.07, 6.45) is 4.28. The number of amides is 1. The van der Waals surface area contributed by atoms with Crippen LogP contribution < -0.4 is 10.2 Å². The Morgan fingerprint density at radius 1 is 1.22 bits per heavy atom. The Labute approximate surface area is 167 Å². The molecule has 0 aliphatic carbocycles. The number of anilines is 1. The highest BCUT2D eigenvalue weighted by Crippen LogP contribution is 2.30. The van der Waals surface area contributed by atoms with Crippen LogP contribution in [-0.2, 0) is 17.9 Å². The normalized spacial score (nSPS) is 14.1. The second kappa shape index (κ2) is 7.72. The number of benzene rings is 1. The zero-order chi connectivity index (χ0) is 18.8. The van der Waals surface area contributed by atoms with Crippen LogP contribution in [0.15, 0.2) is 47.1 Å². The fraction of sp³-hybridized carbons (Fsp3) is 0.333. The van der Waals surface area contributed by atoms with Crippen LogP contribution in [0.5, 0.6) is 0 Å². The SMILES string of the molecule is Cc1c(Br)c2ccccc2n1CC(=O)NCc1ccnc(N2CCCC2)c1. The average molecular weight is 427 g/mol. The molecule has 140 valence electrons. The molecule has 0 saturated carbocycles. The maximum absolute atomic E-state index is 12.6. The topological polar surface area (TPSA) is 50.2 Å². The van der Waals surface area contributed by atoms with Crippen molar-refractivity contribution in [2.24, 2.45) is 0 Å². The van der Waals surface area contributed by atoms with Gasteiger partial charge in [0.1, 0.15) is 12.4 Å². The molecular formula is C21H23BrN4O. The summed E-state index contributed by atoms with van der Waals surface area (Å²) >= 11 is 3.64. The van der Waals surface area contributed by atoms with Gasteiger partial charge in [-0.05, 0) is 59.5 Å². The molecule has 1 aliphatic heterocycles. The second-order valence-corrected chi connectivity index (χ2v) is 7.79. The first-order valence-corrected chi connectivity index (χ1v) is 10.1. The molecule has 1 N–H and O–H groups in total. The lowest BCUT2D eigenvalue weighted by Crippen LogP contribution is -2.27. The zero-order valence-corrected chi connectivity index (χ0v) is 17.0. The van der Waals surface area contributed by atoms with Gasteiger partial charge in [-0.15, -0.1) is 0 Å².